The molecule has 3 rings (SSSR count). The zero-order chi connectivity index (χ0) is 22.7. The van der Waals surface area contributed by atoms with Crippen molar-refractivity contribution in [3.8, 4) is 11.5 Å². The second-order valence-electron chi connectivity index (χ2n) is 8.04. The lowest BCUT2D eigenvalue weighted by Crippen LogP contribution is -2.33. The van der Waals surface area contributed by atoms with Crippen molar-refractivity contribution < 1.29 is 24.2 Å². The van der Waals surface area contributed by atoms with Crippen LogP contribution in [0.3, 0.4) is 0 Å². The number of methoxy groups -OCH3 is 2. The molecule has 2 aromatic carbocycles. The first-order chi connectivity index (χ1) is 14.8. The average Bonchev–Trinajstić information content (AvgIpc) is 3.01. The number of ether oxygens (including phenoxy) is 2. The van der Waals surface area contributed by atoms with E-state index in [4.69, 9.17) is 9.47 Å². The second kappa shape index (κ2) is 9.25. The van der Waals surface area contributed by atoms with Crippen molar-refractivity contribution in [3.05, 3.63) is 70.5 Å². The first-order valence-corrected chi connectivity index (χ1v) is 10.3. The predicted octanol–water partition coefficient (Wildman–Crippen LogP) is 4.18. The molecule has 1 heterocycles. The van der Waals surface area contributed by atoms with Gasteiger partial charge in [-0.25, -0.2) is 0 Å². The topological polar surface area (TPSA) is 76.1 Å². The molecule has 31 heavy (non-hydrogen) atoms. The molecule has 0 saturated heterocycles. The van der Waals surface area contributed by atoms with Crippen LogP contribution in [0, 0.1) is 12.8 Å². The molecule has 0 bridgehead atoms. The van der Waals surface area contributed by atoms with E-state index in [1.807, 2.05) is 49.4 Å². The van der Waals surface area contributed by atoms with Gasteiger partial charge in [-0.15, -0.1) is 0 Å². The zero-order valence-electron chi connectivity index (χ0n) is 18.6. The van der Waals surface area contributed by atoms with Gasteiger partial charge < -0.3 is 19.5 Å². The van der Waals surface area contributed by atoms with Gasteiger partial charge in [-0.2, -0.15) is 0 Å². The smallest absolute Gasteiger partial charge is 0.290 e. The molecule has 1 atom stereocenters. The molecule has 0 fully saturated rings. The first kappa shape index (κ1) is 22.4. The van der Waals surface area contributed by atoms with Crippen LogP contribution >= 0.6 is 0 Å². The number of rotatable bonds is 8. The highest BCUT2D eigenvalue weighted by atomic mass is 16.5. The Kier molecular flexibility index (Phi) is 6.68. The number of carbonyl (C=O) groups is 2. The number of Topliss-reactive ketones (excluding diaryl/α,β-unsaturated/α-hetero) is 1. The maximum atomic E-state index is 13.0. The zero-order valence-corrected chi connectivity index (χ0v) is 18.6. The Hall–Kier alpha value is -3.28. The van der Waals surface area contributed by atoms with Gasteiger partial charge >= 0.3 is 0 Å². The first-order valence-electron chi connectivity index (χ1n) is 10.3. The predicted molar refractivity (Wildman–Crippen MR) is 118 cm³/mol. The third kappa shape index (κ3) is 4.43. The number of aliphatic hydroxyl groups excluding tert-OH is 1. The van der Waals surface area contributed by atoms with Crippen molar-refractivity contribution in [3.63, 3.8) is 0 Å². The molecule has 1 aliphatic rings. The highest BCUT2D eigenvalue weighted by Crippen LogP contribution is 2.39. The molecule has 6 heteroatoms. The summed E-state index contributed by atoms with van der Waals surface area (Å²) in [7, 11) is 3.15. The van der Waals surface area contributed by atoms with Gasteiger partial charge in [0.25, 0.3) is 5.91 Å². The Bertz CT molecular complexity index is 1020. The lowest BCUT2D eigenvalue weighted by atomic mass is 9.90. The summed E-state index contributed by atoms with van der Waals surface area (Å²) in [6, 6.07) is 12.7. The summed E-state index contributed by atoms with van der Waals surface area (Å²) >= 11 is 0. The number of ketones is 1. The van der Waals surface area contributed by atoms with E-state index in [2.05, 4.69) is 0 Å². The van der Waals surface area contributed by atoms with Gasteiger partial charge in [0.1, 0.15) is 0 Å². The van der Waals surface area contributed by atoms with E-state index < -0.39 is 17.7 Å². The Morgan fingerprint density at radius 2 is 1.81 bits per heavy atom. The van der Waals surface area contributed by atoms with Gasteiger partial charge in [-0.1, -0.05) is 49.7 Å². The van der Waals surface area contributed by atoms with Gasteiger partial charge in [-0.05, 0) is 36.6 Å². The van der Waals surface area contributed by atoms with Crippen LogP contribution < -0.4 is 9.47 Å². The summed E-state index contributed by atoms with van der Waals surface area (Å²) in [5, 5.41) is 10.6. The number of hydrogen-bond acceptors (Lipinski definition) is 5. The van der Waals surface area contributed by atoms with E-state index in [-0.39, 0.29) is 17.3 Å². The molecule has 164 valence electrons. The van der Waals surface area contributed by atoms with Crippen LogP contribution in [0.15, 0.2) is 53.8 Å². The van der Waals surface area contributed by atoms with Crippen LogP contribution in [0.25, 0.3) is 0 Å². The fourth-order valence-corrected chi connectivity index (χ4v) is 3.92. The van der Waals surface area contributed by atoms with Gasteiger partial charge in [0, 0.05) is 12.5 Å². The number of nitrogens with zero attached hydrogens (tertiary/aromatic N) is 1. The molecule has 1 unspecified atom stereocenters. The van der Waals surface area contributed by atoms with E-state index >= 15 is 0 Å². The Morgan fingerprint density at radius 1 is 1.10 bits per heavy atom. The van der Waals surface area contributed by atoms with E-state index in [0.29, 0.717) is 24.5 Å². The molecule has 0 spiro atoms. The van der Waals surface area contributed by atoms with Crippen LogP contribution in [0.5, 0.6) is 11.5 Å². The molecule has 6 nitrogen and oxygen atoms in total. The highest BCUT2D eigenvalue weighted by molar-refractivity contribution is 6.09. The maximum Gasteiger partial charge on any atom is 0.290 e. The van der Waals surface area contributed by atoms with Crippen molar-refractivity contribution in [1.82, 2.24) is 4.90 Å². The molecular formula is C25H29NO5. The summed E-state index contributed by atoms with van der Waals surface area (Å²) in [4.78, 5) is 27.5. The quantitative estimate of drug-likeness (QED) is 0.690. The third-order valence-electron chi connectivity index (χ3n) is 5.54. The summed E-state index contributed by atoms with van der Waals surface area (Å²) < 4.78 is 10.6. The number of carbonyl (C=O) groups excluding carboxylic acids is 2. The summed E-state index contributed by atoms with van der Waals surface area (Å²) in [5.41, 5.74) is 2.97. The average molecular weight is 424 g/mol. The number of aliphatic hydroxyl groups is 1. The number of hydrogen-bond donors (Lipinski definition) is 1. The van der Waals surface area contributed by atoms with Crippen LogP contribution in [0.2, 0.25) is 0 Å². The van der Waals surface area contributed by atoms with Crippen molar-refractivity contribution in [1.29, 1.82) is 0 Å². The summed E-state index contributed by atoms with van der Waals surface area (Å²) in [5.74, 6) is -0.271. The number of amides is 1. The fourth-order valence-electron chi connectivity index (χ4n) is 3.92. The Morgan fingerprint density at radius 3 is 2.42 bits per heavy atom. The van der Waals surface area contributed by atoms with Crippen molar-refractivity contribution >= 4 is 11.7 Å². The molecule has 0 saturated carbocycles. The lowest BCUT2D eigenvalue weighted by Gasteiger charge is -2.27. The molecule has 0 aliphatic carbocycles. The fraction of sp³-hybridized carbons (Fsp3) is 0.360. The maximum absolute atomic E-state index is 13.0. The minimum absolute atomic E-state index is 0.179. The third-order valence-corrected chi connectivity index (χ3v) is 5.54. The van der Waals surface area contributed by atoms with Crippen LogP contribution in [-0.4, -0.2) is 42.5 Å². The molecule has 1 amide bonds. The number of benzene rings is 2. The second-order valence-corrected chi connectivity index (χ2v) is 8.04. The van der Waals surface area contributed by atoms with E-state index in [1.165, 1.54) is 0 Å². The molecule has 1 N–H and O–H groups in total. The normalized spacial score (nSPS) is 16.3. The molecular weight excluding hydrogens is 394 g/mol. The largest absolute Gasteiger partial charge is 0.503 e. The lowest BCUT2D eigenvalue weighted by molar-refractivity contribution is -0.129. The SMILES string of the molecule is COc1ccc(CCN2C(=O)C(O)=C(C(=O)C(C)C)C2c2cccc(C)c2)cc1OC. The van der Waals surface area contributed by atoms with E-state index in [0.717, 1.165) is 16.7 Å². The monoisotopic (exact) mass is 423 g/mol. The molecule has 1 aliphatic heterocycles. The summed E-state index contributed by atoms with van der Waals surface area (Å²) in [6.45, 7) is 5.84. The minimum atomic E-state index is -0.609. The van der Waals surface area contributed by atoms with Gasteiger partial charge in [-0.3, -0.25) is 9.59 Å². The molecule has 0 aromatic heterocycles. The van der Waals surface area contributed by atoms with E-state index in [1.54, 1.807) is 33.0 Å². The van der Waals surface area contributed by atoms with Crippen molar-refractivity contribution in [2.45, 2.75) is 33.2 Å². The standard InChI is InChI=1S/C25H29NO5/c1-15(2)23(27)21-22(18-8-6-7-16(3)13-18)26(25(29)24(21)28)12-11-17-9-10-19(30-4)20(14-17)31-5/h6-10,13-15,22,28H,11-12H2,1-5H3. The van der Waals surface area contributed by atoms with Gasteiger partial charge in [0.15, 0.2) is 23.0 Å². The Balaban J connectivity index is 1.95. The highest BCUT2D eigenvalue weighted by Gasteiger charge is 2.43. The van der Waals surface area contributed by atoms with Crippen LogP contribution in [-0.2, 0) is 16.0 Å². The minimum Gasteiger partial charge on any atom is -0.503 e. The van der Waals surface area contributed by atoms with Gasteiger partial charge in [0.2, 0.25) is 0 Å². The number of aryl methyl sites for hydroxylation is 1. The van der Waals surface area contributed by atoms with E-state index in [9.17, 15) is 14.7 Å². The van der Waals surface area contributed by atoms with Crippen LogP contribution in [0.4, 0.5) is 0 Å². The molecule has 2 aromatic rings. The van der Waals surface area contributed by atoms with Crippen molar-refractivity contribution in [2.75, 3.05) is 20.8 Å². The summed E-state index contributed by atoms with van der Waals surface area (Å²) in [6.07, 6.45) is 0.533. The van der Waals surface area contributed by atoms with Crippen LogP contribution in [0.1, 0.15) is 36.6 Å². The molecule has 0 radical (unpaired) electrons. The van der Waals surface area contributed by atoms with Gasteiger partial charge in [0.05, 0.1) is 25.8 Å². The van der Waals surface area contributed by atoms with Crippen molar-refractivity contribution in [2.24, 2.45) is 5.92 Å². The Labute approximate surface area is 183 Å².